The van der Waals surface area contributed by atoms with Crippen LogP contribution in [0.15, 0.2) is 22.7 Å². The molecular formula is C14H16BrFN2O2. The molecule has 3 rings (SSSR count). The lowest BCUT2D eigenvalue weighted by Crippen LogP contribution is -2.72. The number of nitrogens with two attached hydrogens (primary N) is 1. The molecule has 1 aliphatic heterocycles. The van der Waals surface area contributed by atoms with Crippen molar-refractivity contribution in [3.05, 3.63) is 34.1 Å². The SMILES string of the molecule is NC1C2CCCOC2C1NC(=O)c1ccc(Br)c(F)c1. The fourth-order valence-corrected chi connectivity index (χ4v) is 3.24. The van der Waals surface area contributed by atoms with Crippen molar-refractivity contribution in [2.24, 2.45) is 11.7 Å². The van der Waals surface area contributed by atoms with E-state index in [2.05, 4.69) is 21.2 Å². The average molecular weight is 343 g/mol. The van der Waals surface area contributed by atoms with Gasteiger partial charge in [0.25, 0.3) is 5.91 Å². The van der Waals surface area contributed by atoms with Crippen LogP contribution in [0.2, 0.25) is 0 Å². The molecule has 2 fully saturated rings. The standard InChI is InChI=1S/C14H16BrFN2O2/c15-9-4-3-7(6-10(9)16)14(19)18-12-11(17)8-2-1-5-20-13(8)12/h3-4,6,8,11-13H,1-2,5,17H2,(H,18,19). The van der Waals surface area contributed by atoms with Crippen molar-refractivity contribution in [3.8, 4) is 0 Å². The first-order chi connectivity index (χ1) is 9.58. The van der Waals surface area contributed by atoms with Gasteiger partial charge in [-0.15, -0.1) is 0 Å². The summed E-state index contributed by atoms with van der Waals surface area (Å²) < 4.78 is 19.4. The Kier molecular flexibility index (Phi) is 3.79. The van der Waals surface area contributed by atoms with Crippen LogP contribution in [-0.4, -0.2) is 30.7 Å². The van der Waals surface area contributed by atoms with E-state index in [0.29, 0.717) is 17.0 Å². The zero-order valence-electron chi connectivity index (χ0n) is 10.8. The van der Waals surface area contributed by atoms with Crippen molar-refractivity contribution in [2.45, 2.75) is 31.0 Å². The van der Waals surface area contributed by atoms with E-state index in [0.717, 1.165) is 12.8 Å². The van der Waals surface area contributed by atoms with Crippen LogP contribution in [0.3, 0.4) is 0 Å². The van der Waals surface area contributed by atoms with Crippen LogP contribution in [0.5, 0.6) is 0 Å². The first kappa shape index (κ1) is 14.0. The third-order valence-corrected chi connectivity index (χ3v) is 4.80. The van der Waals surface area contributed by atoms with Gasteiger partial charge in [-0.3, -0.25) is 4.79 Å². The maximum atomic E-state index is 13.4. The number of fused-ring (bicyclic) bond motifs is 1. The summed E-state index contributed by atoms with van der Waals surface area (Å²) in [6.45, 7) is 0.715. The number of ether oxygens (including phenoxy) is 1. The van der Waals surface area contributed by atoms with Gasteiger partial charge in [-0.2, -0.15) is 0 Å². The Morgan fingerprint density at radius 3 is 3.05 bits per heavy atom. The summed E-state index contributed by atoms with van der Waals surface area (Å²) in [5.41, 5.74) is 6.37. The number of carbonyl (C=O) groups excluding carboxylic acids is 1. The molecule has 2 aliphatic rings. The van der Waals surface area contributed by atoms with Gasteiger partial charge in [0.2, 0.25) is 0 Å². The second kappa shape index (κ2) is 5.42. The molecule has 0 bridgehead atoms. The number of rotatable bonds is 2. The number of carbonyl (C=O) groups is 1. The normalized spacial score (nSPS) is 32.1. The lowest BCUT2D eigenvalue weighted by molar-refractivity contribution is -0.117. The van der Waals surface area contributed by atoms with E-state index in [1.54, 1.807) is 6.07 Å². The molecule has 4 atom stereocenters. The molecule has 1 aromatic carbocycles. The van der Waals surface area contributed by atoms with Crippen molar-refractivity contribution in [3.63, 3.8) is 0 Å². The van der Waals surface area contributed by atoms with Gasteiger partial charge in [-0.05, 0) is 47.0 Å². The number of hydrogen-bond donors (Lipinski definition) is 2. The first-order valence-corrected chi connectivity index (χ1v) is 7.50. The average Bonchev–Trinajstić information content (AvgIpc) is 2.47. The molecule has 3 N–H and O–H groups in total. The van der Waals surface area contributed by atoms with Crippen LogP contribution in [0.25, 0.3) is 0 Å². The predicted molar refractivity (Wildman–Crippen MR) is 75.8 cm³/mol. The van der Waals surface area contributed by atoms with Gasteiger partial charge in [-0.1, -0.05) is 0 Å². The molecule has 1 saturated heterocycles. The minimum absolute atomic E-state index is 0.00277. The molecular weight excluding hydrogens is 327 g/mol. The summed E-state index contributed by atoms with van der Waals surface area (Å²) in [6, 6.07) is 4.04. The Bertz CT molecular complexity index is 540. The first-order valence-electron chi connectivity index (χ1n) is 6.71. The van der Waals surface area contributed by atoms with E-state index in [9.17, 15) is 9.18 Å². The van der Waals surface area contributed by atoms with Crippen molar-refractivity contribution >= 4 is 21.8 Å². The summed E-state index contributed by atoms with van der Waals surface area (Å²) >= 11 is 3.06. The Labute approximate surface area is 125 Å². The lowest BCUT2D eigenvalue weighted by atomic mass is 9.68. The number of benzene rings is 1. The highest BCUT2D eigenvalue weighted by Gasteiger charge is 2.51. The second-order valence-electron chi connectivity index (χ2n) is 5.35. The molecule has 4 unspecified atom stereocenters. The fraction of sp³-hybridized carbons (Fsp3) is 0.500. The highest BCUT2D eigenvalue weighted by atomic mass is 79.9. The second-order valence-corrected chi connectivity index (χ2v) is 6.20. The molecule has 6 heteroatoms. The van der Waals surface area contributed by atoms with Crippen LogP contribution < -0.4 is 11.1 Å². The van der Waals surface area contributed by atoms with Gasteiger partial charge in [0.15, 0.2) is 0 Å². The molecule has 1 amide bonds. The van der Waals surface area contributed by atoms with Gasteiger partial charge < -0.3 is 15.8 Å². The minimum atomic E-state index is -0.456. The smallest absolute Gasteiger partial charge is 0.251 e. The van der Waals surface area contributed by atoms with E-state index in [1.807, 2.05) is 0 Å². The van der Waals surface area contributed by atoms with Crippen molar-refractivity contribution < 1.29 is 13.9 Å². The van der Waals surface area contributed by atoms with E-state index in [4.69, 9.17) is 10.5 Å². The Morgan fingerprint density at radius 1 is 1.50 bits per heavy atom. The maximum Gasteiger partial charge on any atom is 0.251 e. The molecule has 20 heavy (non-hydrogen) atoms. The minimum Gasteiger partial charge on any atom is -0.376 e. The Balaban J connectivity index is 1.68. The van der Waals surface area contributed by atoms with E-state index in [1.165, 1.54) is 12.1 Å². The highest BCUT2D eigenvalue weighted by molar-refractivity contribution is 9.10. The lowest BCUT2D eigenvalue weighted by Gasteiger charge is -2.52. The molecule has 0 radical (unpaired) electrons. The van der Waals surface area contributed by atoms with E-state index in [-0.39, 0.29) is 29.7 Å². The predicted octanol–water partition coefficient (Wildman–Crippen LogP) is 1.82. The number of halogens is 2. The molecule has 0 spiro atoms. The molecule has 4 nitrogen and oxygen atoms in total. The number of amides is 1. The van der Waals surface area contributed by atoms with Gasteiger partial charge in [-0.25, -0.2) is 4.39 Å². The summed E-state index contributed by atoms with van der Waals surface area (Å²) in [4.78, 5) is 12.1. The van der Waals surface area contributed by atoms with Gasteiger partial charge >= 0.3 is 0 Å². The molecule has 1 aliphatic carbocycles. The third-order valence-electron chi connectivity index (χ3n) is 4.16. The zero-order valence-corrected chi connectivity index (χ0v) is 12.4. The molecule has 1 aromatic rings. The number of hydrogen-bond acceptors (Lipinski definition) is 3. The highest BCUT2D eigenvalue weighted by Crippen LogP contribution is 2.37. The third kappa shape index (κ3) is 2.36. The molecule has 108 valence electrons. The number of nitrogens with one attached hydrogen (secondary N) is 1. The largest absolute Gasteiger partial charge is 0.376 e. The summed E-state index contributed by atoms with van der Waals surface area (Å²) in [5, 5.41) is 2.86. The molecule has 1 heterocycles. The Morgan fingerprint density at radius 2 is 2.30 bits per heavy atom. The maximum absolute atomic E-state index is 13.4. The fourth-order valence-electron chi connectivity index (χ4n) is 3.00. The van der Waals surface area contributed by atoms with Crippen LogP contribution >= 0.6 is 15.9 Å². The topological polar surface area (TPSA) is 64.3 Å². The van der Waals surface area contributed by atoms with Crippen LogP contribution in [-0.2, 0) is 4.74 Å². The quantitative estimate of drug-likeness (QED) is 0.861. The monoisotopic (exact) mass is 342 g/mol. The van der Waals surface area contributed by atoms with Crippen molar-refractivity contribution in [2.75, 3.05) is 6.61 Å². The van der Waals surface area contributed by atoms with Gasteiger partial charge in [0.05, 0.1) is 16.6 Å². The zero-order chi connectivity index (χ0) is 14.3. The van der Waals surface area contributed by atoms with Crippen molar-refractivity contribution in [1.82, 2.24) is 5.32 Å². The van der Waals surface area contributed by atoms with E-state index >= 15 is 0 Å². The van der Waals surface area contributed by atoms with Crippen molar-refractivity contribution in [1.29, 1.82) is 0 Å². The van der Waals surface area contributed by atoms with Gasteiger partial charge in [0, 0.05) is 24.1 Å². The van der Waals surface area contributed by atoms with Crippen LogP contribution in [0, 0.1) is 11.7 Å². The summed E-state index contributed by atoms with van der Waals surface area (Å²) in [7, 11) is 0. The molecule has 1 saturated carbocycles. The summed E-state index contributed by atoms with van der Waals surface area (Å²) in [6.07, 6.45) is 2.07. The van der Waals surface area contributed by atoms with Crippen LogP contribution in [0.4, 0.5) is 4.39 Å². The Hall–Kier alpha value is -0.980. The van der Waals surface area contributed by atoms with E-state index < -0.39 is 5.82 Å². The van der Waals surface area contributed by atoms with Crippen LogP contribution in [0.1, 0.15) is 23.2 Å². The summed E-state index contributed by atoms with van der Waals surface area (Å²) in [5.74, 6) is -0.442. The molecule has 0 aromatic heterocycles. The van der Waals surface area contributed by atoms with Gasteiger partial charge in [0.1, 0.15) is 5.82 Å².